The topological polar surface area (TPSA) is 69.7 Å². The number of sulfonamides is 1. The molecule has 1 N–H and O–H groups in total. The first-order chi connectivity index (χ1) is 16.6. The molecule has 3 rings (SSSR count). The molecular weight excluding hydrogens is 482 g/mol. The molecule has 6 nitrogen and oxygen atoms in total. The average Bonchev–Trinajstić information content (AvgIpc) is 2.78. The first-order valence-corrected chi connectivity index (χ1v) is 13.3. The van der Waals surface area contributed by atoms with Crippen LogP contribution in [-0.2, 0) is 27.9 Å². The van der Waals surface area contributed by atoms with Crippen molar-refractivity contribution in [2.24, 2.45) is 5.92 Å². The smallest absolute Gasteiger partial charge is 0.243 e. The van der Waals surface area contributed by atoms with Crippen LogP contribution in [0, 0.1) is 5.92 Å². The normalized spacial score (nSPS) is 11.6. The Morgan fingerprint density at radius 3 is 2.29 bits per heavy atom. The van der Waals surface area contributed by atoms with Crippen LogP contribution in [0.15, 0.2) is 77.7 Å². The van der Waals surface area contributed by atoms with Gasteiger partial charge in [-0.2, -0.15) is 4.31 Å². The molecule has 0 aliphatic rings. The Labute approximate surface area is 213 Å². The fraction of sp³-hybridized carbons (Fsp3) is 0.296. The third-order valence-corrected chi connectivity index (χ3v) is 7.44. The summed E-state index contributed by atoms with van der Waals surface area (Å²) in [7, 11) is -0.0600. The third kappa shape index (κ3) is 7.31. The van der Waals surface area contributed by atoms with Gasteiger partial charge < -0.3 is 10.2 Å². The van der Waals surface area contributed by atoms with Gasteiger partial charge in [-0.25, -0.2) is 8.42 Å². The van der Waals surface area contributed by atoms with E-state index in [1.807, 2.05) is 81.4 Å². The van der Waals surface area contributed by atoms with E-state index in [4.69, 9.17) is 11.6 Å². The molecule has 0 spiro atoms. The number of halogens is 1. The van der Waals surface area contributed by atoms with E-state index in [-0.39, 0.29) is 29.8 Å². The first kappa shape index (κ1) is 26.7. The molecule has 0 saturated carbocycles. The minimum Gasteiger partial charge on any atom is -0.377 e. The summed E-state index contributed by atoms with van der Waals surface area (Å²) in [5.41, 5.74) is 3.15. The van der Waals surface area contributed by atoms with Crippen LogP contribution in [0.5, 0.6) is 0 Å². The minimum atomic E-state index is -3.87. The van der Waals surface area contributed by atoms with Crippen LogP contribution < -0.4 is 10.2 Å². The Morgan fingerprint density at radius 1 is 0.943 bits per heavy atom. The molecule has 0 heterocycles. The van der Waals surface area contributed by atoms with Crippen molar-refractivity contribution in [3.63, 3.8) is 0 Å². The van der Waals surface area contributed by atoms with E-state index in [1.54, 1.807) is 18.2 Å². The van der Waals surface area contributed by atoms with E-state index in [1.165, 1.54) is 10.4 Å². The standard InChI is InChI=1S/C27H32ClN3O3S/c1-20(2)15-27(32)29-24-13-14-26(30(3)4)22(16-24)19-31(18-21-9-6-5-7-10-21)35(33,34)25-12-8-11-23(28)17-25/h5-14,16-17,20H,15,18-19H2,1-4H3,(H,29,32). The lowest BCUT2D eigenvalue weighted by Gasteiger charge is -2.26. The van der Waals surface area contributed by atoms with E-state index in [9.17, 15) is 13.2 Å². The van der Waals surface area contributed by atoms with Crippen LogP contribution in [0.2, 0.25) is 5.02 Å². The van der Waals surface area contributed by atoms with Gasteiger partial charge in [0.15, 0.2) is 0 Å². The molecule has 0 saturated heterocycles. The summed E-state index contributed by atoms with van der Waals surface area (Å²) in [6, 6.07) is 21.3. The highest BCUT2D eigenvalue weighted by Crippen LogP contribution is 2.29. The Balaban J connectivity index is 2.02. The number of nitrogens with one attached hydrogen (secondary N) is 1. The van der Waals surface area contributed by atoms with Gasteiger partial charge in [-0.05, 0) is 53.4 Å². The van der Waals surface area contributed by atoms with Crippen LogP contribution in [0.25, 0.3) is 0 Å². The van der Waals surface area contributed by atoms with E-state index in [2.05, 4.69) is 5.32 Å². The van der Waals surface area contributed by atoms with Gasteiger partial charge in [-0.3, -0.25) is 4.79 Å². The second-order valence-electron chi connectivity index (χ2n) is 9.10. The van der Waals surface area contributed by atoms with Gasteiger partial charge in [0.1, 0.15) is 0 Å². The summed E-state index contributed by atoms with van der Waals surface area (Å²) >= 11 is 6.12. The van der Waals surface area contributed by atoms with Gasteiger partial charge in [0.2, 0.25) is 15.9 Å². The number of benzene rings is 3. The van der Waals surface area contributed by atoms with Crippen LogP contribution in [0.1, 0.15) is 31.4 Å². The van der Waals surface area contributed by atoms with E-state index in [0.29, 0.717) is 17.1 Å². The summed E-state index contributed by atoms with van der Waals surface area (Å²) in [6.45, 7) is 4.28. The highest BCUT2D eigenvalue weighted by molar-refractivity contribution is 7.89. The highest BCUT2D eigenvalue weighted by Gasteiger charge is 2.26. The predicted molar refractivity (Wildman–Crippen MR) is 143 cm³/mol. The second kappa shape index (κ2) is 11.7. The molecule has 1 amide bonds. The summed E-state index contributed by atoms with van der Waals surface area (Å²) < 4.78 is 28.9. The number of amides is 1. The maximum Gasteiger partial charge on any atom is 0.243 e. The largest absolute Gasteiger partial charge is 0.377 e. The molecule has 3 aromatic rings. The van der Waals surface area contributed by atoms with Crippen molar-refractivity contribution in [3.8, 4) is 0 Å². The van der Waals surface area contributed by atoms with Crippen molar-refractivity contribution in [3.05, 3.63) is 88.9 Å². The number of carbonyl (C=O) groups is 1. The van der Waals surface area contributed by atoms with Crippen molar-refractivity contribution in [1.82, 2.24) is 4.31 Å². The fourth-order valence-corrected chi connectivity index (χ4v) is 5.50. The van der Waals surface area contributed by atoms with E-state index in [0.717, 1.165) is 16.8 Å². The monoisotopic (exact) mass is 513 g/mol. The SMILES string of the molecule is CC(C)CC(=O)Nc1ccc(N(C)C)c(CN(Cc2ccccc2)S(=O)(=O)c2cccc(Cl)c2)c1. The molecule has 186 valence electrons. The molecule has 35 heavy (non-hydrogen) atoms. The van der Waals surface area contributed by atoms with Crippen molar-refractivity contribution in [2.45, 2.75) is 38.3 Å². The Hall–Kier alpha value is -2.87. The molecule has 0 atom stereocenters. The van der Waals surface area contributed by atoms with Crippen LogP contribution in [0.4, 0.5) is 11.4 Å². The minimum absolute atomic E-state index is 0.0729. The van der Waals surface area contributed by atoms with Crippen molar-refractivity contribution >= 4 is 38.9 Å². The molecule has 0 aliphatic heterocycles. The summed E-state index contributed by atoms with van der Waals surface area (Å²) in [6.07, 6.45) is 0.411. The first-order valence-electron chi connectivity index (χ1n) is 11.5. The quantitative estimate of drug-likeness (QED) is 0.373. The molecular formula is C27H32ClN3O3S. The van der Waals surface area contributed by atoms with E-state index < -0.39 is 10.0 Å². The average molecular weight is 514 g/mol. The molecule has 0 radical (unpaired) electrons. The molecule has 3 aromatic carbocycles. The van der Waals surface area contributed by atoms with Gasteiger partial charge in [0, 0.05) is 50.0 Å². The number of hydrogen-bond acceptors (Lipinski definition) is 4. The second-order valence-corrected chi connectivity index (χ2v) is 11.5. The number of carbonyl (C=O) groups excluding carboxylic acids is 1. The third-order valence-electron chi connectivity index (χ3n) is 5.42. The van der Waals surface area contributed by atoms with Crippen molar-refractivity contribution < 1.29 is 13.2 Å². The number of hydrogen-bond donors (Lipinski definition) is 1. The Bertz CT molecular complexity index is 1260. The van der Waals surface area contributed by atoms with Crippen LogP contribution in [-0.4, -0.2) is 32.7 Å². The van der Waals surface area contributed by atoms with Crippen LogP contribution in [0.3, 0.4) is 0 Å². The lowest BCUT2D eigenvalue weighted by atomic mass is 10.1. The number of nitrogens with zero attached hydrogens (tertiary/aromatic N) is 2. The maximum atomic E-state index is 13.7. The maximum absolute atomic E-state index is 13.7. The van der Waals surface area contributed by atoms with Gasteiger partial charge in [-0.15, -0.1) is 0 Å². The molecule has 0 fully saturated rings. The molecule has 0 unspecified atom stereocenters. The summed E-state index contributed by atoms with van der Waals surface area (Å²) in [5, 5.41) is 3.29. The summed E-state index contributed by atoms with van der Waals surface area (Å²) in [5.74, 6) is 0.163. The fourth-order valence-electron chi connectivity index (χ4n) is 3.79. The Kier molecular flexibility index (Phi) is 8.94. The predicted octanol–water partition coefficient (Wildman–Crippen LogP) is 5.78. The van der Waals surface area contributed by atoms with E-state index >= 15 is 0 Å². The lowest BCUT2D eigenvalue weighted by Crippen LogP contribution is -2.31. The number of anilines is 2. The zero-order valence-electron chi connectivity index (χ0n) is 20.5. The molecule has 0 aromatic heterocycles. The van der Waals surface area contributed by atoms with Gasteiger partial charge >= 0.3 is 0 Å². The van der Waals surface area contributed by atoms with Crippen LogP contribution >= 0.6 is 11.6 Å². The molecule has 0 bridgehead atoms. The van der Waals surface area contributed by atoms with Gasteiger partial charge in [0.25, 0.3) is 0 Å². The molecule has 0 aliphatic carbocycles. The van der Waals surface area contributed by atoms with Crippen molar-refractivity contribution in [1.29, 1.82) is 0 Å². The van der Waals surface area contributed by atoms with Gasteiger partial charge in [0.05, 0.1) is 4.90 Å². The highest BCUT2D eigenvalue weighted by atomic mass is 35.5. The molecule has 8 heteroatoms. The number of rotatable bonds is 10. The summed E-state index contributed by atoms with van der Waals surface area (Å²) in [4.78, 5) is 14.4. The lowest BCUT2D eigenvalue weighted by molar-refractivity contribution is -0.116. The zero-order chi connectivity index (χ0) is 25.6. The van der Waals surface area contributed by atoms with Crippen molar-refractivity contribution in [2.75, 3.05) is 24.3 Å². The van der Waals surface area contributed by atoms with Gasteiger partial charge in [-0.1, -0.05) is 61.8 Å². The Morgan fingerprint density at radius 2 is 1.66 bits per heavy atom. The zero-order valence-corrected chi connectivity index (χ0v) is 22.1.